The summed E-state index contributed by atoms with van der Waals surface area (Å²) in [6.45, 7) is 10.3. The fourth-order valence-corrected chi connectivity index (χ4v) is 1.99. The molecule has 1 rings (SSSR count). The van der Waals surface area contributed by atoms with Crippen molar-refractivity contribution in [2.45, 2.75) is 40.2 Å². The average Bonchev–Trinajstić information content (AvgIpc) is 2.50. The summed E-state index contributed by atoms with van der Waals surface area (Å²) in [6.07, 6.45) is 1.08. The number of nitrogens with one attached hydrogen (secondary N) is 2. The van der Waals surface area contributed by atoms with Gasteiger partial charge in [0.2, 0.25) is 0 Å². The molecule has 0 aromatic heterocycles. The highest BCUT2D eigenvalue weighted by Gasteiger charge is 2.11. The van der Waals surface area contributed by atoms with E-state index in [1.54, 1.807) is 14.2 Å². The number of benzene rings is 1. The Hall–Kier alpha value is -1.18. The van der Waals surface area contributed by atoms with Crippen LogP contribution in [0.3, 0.4) is 0 Å². The van der Waals surface area contributed by atoms with Gasteiger partial charge in [0, 0.05) is 13.6 Å². The largest absolute Gasteiger partial charge is 0.493 e. The number of halogens is 1. The van der Waals surface area contributed by atoms with Crippen molar-refractivity contribution >= 4 is 29.9 Å². The molecule has 0 spiro atoms. The second-order valence-electron chi connectivity index (χ2n) is 6.77. The number of rotatable bonds is 7. The molecule has 1 aromatic rings. The van der Waals surface area contributed by atoms with Gasteiger partial charge in [0.15, 0.2) is 17.5 Å². The van der Waals surface area contributed by atoms with Crippen LogP contribution in [-0.2, 0) is 0 Å². The lowest BCUT2D eigenvalue weighted by atomic mass is 9.92. The molecule has 0 aliphatic carbocycles. The quantitative estimate of drug-likeness (QED) is 0.379. The van der Waals surface area contributed by atoms with E-state index < -0.39 is 0 Å². The highest BCUT2D eigenvalue weighted by Crippen LogP contribution is 2.26. The molecule has 24 heavy (non-hydrogen) atoms. The Kier molecular flexibility index (Phi) is 10.8. The van der Waals surface area contributed by atoms with Crippen LogP contribution >= 0.6 is 24.0 Å². The minimum absolute atomic E-state index is 0. The Labute approximate surface area is 163 Å². The van der Waals surface area contributed by atoms with Crippen LogP contribution in [0.1, 0.15) is 34.1 Å². The molecule has 1 unspecified atom stereocenters. The van der Waals surface area contributed by atoms with E-state index in [-0.39, 0.29) is 30.1 Å². The summed E-state index contributed by atoms with van der Waals surface area (Å²) in [7, 11) is 3.42. The van der Waals surface area contributed by atoms with Crippen molar-refractivity contribution in [3.63, 3.8) is 0 Å². The minimum Gasteiger partial charge on any atom is -0.493 e. The SMILES string of the molecule is CN=C(NCCC(C)(C)C)NCC(C)Oc1ccccc1OC.I. The highest BCUT2D eigenvalue weighted by molar-refractivity contribution is 14.0. The molecular weight excluding hydrogens is 417 g/mol. The standard InChI is InChI=1S/C18H31N3O2.HI/c1-14(23-16-10-8-7-9-15(16)22-6)13-21-17(19-5)20-12-11-18(2,3)4;/h7-10,14H,11-13H2,1-6H3,(H2,19,20,21);1H. The summed E-state index contributed by atoms with van der Waals surface area (Å²) >= 11 is 0. The molecule has 0 fully saturated rings. The number of guanidine groups is 1. The molecule has 0 bridgehead atoms. The van der Waals surface area contributed by atoms with Crippen molar-refractivity contribution in [2.75, 3.05) is 27.2 Å². The molecular formula is C18H32IN3O2. The van der Waals surface area contributed by atoms with Gasteiger partial charge in [-0.3, -0.25) is 4.99 Å². The topological polar surface area (TPSA) is 54.9 Å². The van der Waals surface area contributed by atoms with Gasteiger partial charge in [-0.1, -0.05) is 32.9 Å². The lowest BCUT2D eigenvalue weighted by Crippen LogP contribution is -2.42. The predicted octanol–water partition coefficient (Wildman–Crippen LogP) is 3.68. The summed E-state index contributed by atoms with van der Waals surface area (Å²) < 4.78 is 11.2. The van der Waals surface area contributed by atoms with Crippen molar-refractivity contribution in [2.24, 2.45) is 10.4 Å². The second kappa shape index (κ2) is 11.4. The van der Waals surface area contributed by atoms with Crippen LogP contribution in [0.4, 0.5) is 0 Å². The zero-order chi connectivity index (χ0) is 17.3. The van der Waals surface area contributed by atoms with E-state index in [2.05, 4.69) is 36.4 Å². The predicted molar refractivity (Wildman–Crippen MR) is 112 cm³/mol. The van der Waals surface area contributed by atoms with Crippen LogP contribution < -0.4 is 20.1 Å². The normalized spacial score (nSPS) is 12.8. The number of nitrogens with zero attached hydrogens (tertiary/aromatic N) is 1. The van der Waals surface area contributed by atoms with E-state index in [0.29, 0.717) is 12.0 Å². The molecule has 0 radical (unpaired) electrons. The van der Waals surface area contributed by atoms with Gasteiger partial charge in [0.1, 0.15) is 6.10 Å². The van der Waals surface area contributed by atoms with Gasteiger partial charge in [-0.15, -0.1) is 24.0 Å². The maximum absolute atomic E-state index is 5.92. The first-order chi connectivity index (χ1) is 10.9. The molecule has 0 amide bonds. The van der Waals surface area contributed by atoms with E-state index in [9.17, 15) is 0 Å². The summed E-state index contributed by atoms with van der Waals surface area (Å²) in [6, 6.07) is 7.66. The van der Waals surface area contributed by atoms with Gasteiger partial charge < -0.3 is 20.1 Å². The van der Waals surface area contributed by atoms with Crippen LogP contribution in [0.5, 0.6) is 11.5 Å². The Morgan fingerprint density at radius 3 is 2.33 bits per heavy atom. The first kappa shape index (κ1) is 22.8. The molecule has 138 valence electrons. The molecule has 2 N–H and O–H groups in total. The molecule has 0 heterocycles. The van der Waals surface area contributed by atoms with Gasteiger partial charge in [-0.25, -0.2) is 0 Å². The number of ether oxygens (including phenoxy) is 2. The molecule has 0 saturated heterocycles. The lowest BCUT2D eigenvalue weighted by Gasteiger charge is -2.21. The Morgan fingerprint density at radius 1 is 1.17 bits per heavy atom. The third-order valence-electron chi connectivity index (χ3n) is 3.35. The zero-order valence-electron chi connectivity index (χ0n) is 15.7. The average molecular weight is 449 g/mol. The van der Waals surface area contributed by atoms with E-state index in [1.165, 1.54) is 0 Å². The van der Waals surface area contributed by atoms with E-state index in [4.69, 9.17) is 9.47 Å². The molecule has 0 saturated carbocycles. The summed E-state index contributed by atoms with van der Waals surface area (Å²) in [4.78, 5) is 4.23. The van der Waals surface area contributed by atoms with Crippen LogP contribution in [0.2, 0.25) is 0 Å². The Bertz CT molecular complexity index is 501. The second-order valence-corrected chi connectivity index (χ2v) is 6.77. The van der Waals surface area contributed by atoms with E-state index in [1.807, 2.05) is 31.2 Å². The number of hydrogen-bond donors (Lipinski definition) is 2. The zero-order valence-corrected chi connectivity index (χ0v) is 18.0. The summed E-state index contributed by atoms with van der Waals surface area (Å²) in [5.74, 6) is 2.29. The fraction of sp³-hybridized carbons (Fsp3) is 0.611. The van der Waals surface area contributed by atoms with Gasteiger partial charge in [-0.05, 0) is 30.9 Å². The fourth-order valence-electron chi connectivity index (χ4n) is 1.99. The van der Waals surface area contributed by atoms with E-state index in [0.717, 1.165) is 30.4 Å². The first-order valence-corrected chi connectivity index (χ1v) is 8.10. The maximum Gasteiger partial charge on any atom is 0.191 e. The number of aliphatic imine (C=N–C) groups is 1. The third-order valence-corrected chi connectivity index (χ3v) is 3.35. The number of hydrogen-bond acceptors (Lipinski definition) is 3. The number of methoxy groups -OCH3 is 1. The summed E-state index contributed by atoms with van der Waals surface area (Å²) in [5, 5.41) is 6.61. The van der Waals surface area contributed by atoms with E-state index >= 15 is 0 Å². The van der Waals surface area contributed by atoms with Crippen molar-refractivity contribution in [1.82, 2.24) is 10.6 Å². The Balaban J connectivity index is 0.00000529. The first-order valence-electron chi connectivity index (χ1n) is 8.10. The number of para-hydroxylation sites is 2. The van der Waals surface area contributed by atoms with Gasteiger partial charge in [0.25, 0.3) is 0 Å². The highest BCUT2D eigenvalue weighted by atomic mass is 127. The van der Waals surface area contributed by atoms with Crippen molar-refractivity contribution in [1.29, 1.82) is 0 Å². The molecule has 0 aliphatic heterocycles. The van der Waals surface area contributed by atoms with Crippen LogP contribution in [0.25, 0.3) is 0 Å². The van der Waals surface area contributed by atoms with Crippen molar-refractivity contribution in [3.8, 4) is 11.5 Å². The lowest BCUT2D eigenvalue weighted by molar-refractivity contribution is 0.213. The molecule has 1 atom stereocenters. The van der Waals surface area contributed by atoms with Crippen molar-refractivity contribution < 1.29 is 9.47 Å². The Morgan fingerprint density at radius 2 is 1.79 bits per heavy atom. The van der Waals surface area contributed by atoms with Crippen LogP contribution in [0.15, 0.2) is 29.3 Å². The summed E-state index contributed by atoms with van der Waals surface area (Å²) in [5.41, 5.74) is 0.312. The minimum atomic E-state index is -0.00698. The van der Waals surface area contributed by atoms with Gasteiger partial charge >= 0.3 is 0 Å². The maximum atomic E-state index is 5.92. The van der Waals surface area contributed by atoms with Gasteiger partial charge in [0.05, 0.1) is 13.7 Å². The van der Waals surface area contributed by atoms with Gasteiger partial charge in [-0.2, -0.15) is 0 Å². The van der Waals surface area contributed by atoms with Crippen molar-refractivity contribution in [3.05, 3.63) is 24.3 Å². The molecule has 5 nitrogen and oxygen atoms in total. The molecule has 1 aromatic carbocycles. The molecule has 6 heteroatoms. The third kappa shape index (κ3) is 9.20. The van der Waals surface area contributed by atoms with Crippen LogP contribution in [-0.4, -0.2) is 39.3 Å². The molecule has 0 aliphatic rings. The monoisotopic (exact) mass is 449 g/mol. The smallest absolute Gasteiger partial charge is 0.191 e. The van der Waals surface area contributed by atoms with Crippen LogP contribution in [0, 0.1) is 5.41 Å².